The van der Waals surface area contributed by atoms with Gasteiger partial charge in [-0.05, 0) is 83.9 Å². The Morgan fingerprint density at radius 1 is 0.362 bits per heavy atom. The van der Waals surface area contributed by atoms with Crippen molar-refractivity contribution in [2.45, 2.75) is 0 Å². The fourth-order valence-corrected chi connectivity index (χ4v) is 9.01. The maximum Gasteiger partial charge on any atom is 0.145 e. The van der Waals surface area contributed by atoms with Crippen LogP contribution in [-0.2, 0) is 0 Å². The highest BCUT2D eigenvalue weighted by atomic mass is 16.3. The van der Waals surface area contributed by atoms with E-state index in [2.05, 4.69) is 198 Å². The molecule has 0 spiro atoms. The number of hydrogen-bond donors (Lipinski definition) is 0. The molecule has 12 rings (SSSR count). The van der Waals surface area contributed by atoms with Gasteiger partial charge >= 0.3 is 0 Å². The number of furan rings is 2. The average Bonchev–Trinajstić information content (AvgIpc) is 3.97. The highest BCUT2D eigenvalue weighted by molar-refractivity contribution is 6.14. The normalized spacial score (nSPS) is 11.8. The molecule has 58 heavy (non-hydrogen) atoms. The third kappa shape index (κ3) is 4.95. The van der Waals surface area contributed by atoms with Crippen LogP contribution in [0.4, 0.5) is 17.1 Å². The van der Waals surface area contributed by atoms with Crippen molar-refractivity contribution in [1.29, 1.82) is 0 Å². The lowest BCUT2D eigenvalue weighted by atomic mass is 9.97. The van der Waals surface area contributed by atoms with Crippen LogP contribution in [-0.4, -0.2) is 4.57 Å². The molecule has 0 aliphatic carbocycles. The Labute approximate surface area is 334 Å². The van der Waals surface area contributed by atoms with E-state index in [1.54, 1.807) is 0 Å². The van der Waals surface area contributed by atoms with Crippen LogP contribution in [0.3, 0.4) is 0 Å². The van der Waals surface area contributed by atoms with Gasteiger partial charge in [-0.15, -0.1) is 0 Å². The smallest absolute Gasteiger partial charge is 0.145 e. The van der Waals surface area contributed by atoms with Crippen molar-refractivity contribution >= 4 is 82.7 Å². The van der Waals surface area contributed by atoms with Gasteiger partial charge in [0.25, 0.3) is 0 Å². The summed E-state index contributed by atoms with van der Waals surface area (Å²) in [4.78, 5) is 2.35. The van der Waals surface area contributed by atoms with Gasteiger partial charge < -0.3 is 18.3 Å². The number of rotatable bonds is 6. The lowest BCUT2D eigenvalue weighted by molar-refractivity contribution is 0.669. The van der Waals surface area contributed by atoms with Crippen LogP contribution in [0.25, 0.3) is 93.6 Å². The first-order chi connectivity index (χ1) is 28.8. The topological polar surface area (TPSA) is 34.5 Å². The minimum Gasteiger partial charge on any atom is -0.455 e. The third-order valence-electron chi connectivity index (χ3n) is 11.6. The summed E-state index contributed by atoms with van der Waals surface area (Å²) in [5.74, 6) is 0. The lowest BCUT2D eigenvalue weighted by Crippen LogP contribution is -2.11. The maximum absolute atomic E-state index is 6.87. The minimum atomic E-state index is 0.854. The Morgan fingerprint density at radius 3 is 1.62 bits per heavy atom. The van der Waals surface area contributed by atoms with E-state index in [-0.39, 0.29) is 0 Å². The molecule has 0 N–H and O–H groups in total. The van der Waals surface area contributed by atoms with Crippen molar-refractivity contribution in [3.63, 3.8) is 0 Å². The second-order valence-electron chi connectivity index (χ2n) is 14.9. The molecule has 0 aliphatic rings. The van der Waals surface area contributed by atoms with Crippen LogP contribution in [0.5, 0.6) is 0 Å². The van der Waals surface area contributed by atoms with Gasteiger partial charge in [-0.2, -0.15) is 0 Å². The molecule has 4 nitrogen and oxygen atoms in total. The number of anilines is 3. The molecule has 0 bridgehead atoms. The molecule has 0 atom stereocenters. The summed E-state index contributed by atoms with van der Waals surface area (Å²) in [5, 5.41) is 6.90. The molecule has 0 amide bonds. The molecule has 4 heteroatoms. The van der Waals surface area contributed by atoms with Gasteiger partial charge in [0.1, 0.15) is 22.3 Å². The Hall–Kier alpha value is -7.82. The monoisotopic (exact) mass is 742 g/mol. The first-order valence-corrected chi connectivity index (χ1v) is 19.7. The van der Waals surface area contributed by atoms with Crippen molar-refractivity contribution in [3.05, 3.63) is 206 Å². The van der Waals surface area contributed by atoms with Crippen LogP contribution >= 0.6 is 0 Å². The SMILES string of the molecule is c1ccc(N(c2ccc(-c3cccc4c3oc3ccccc34)cc2)c2ccc3c(oc4ccccc43)c2-c2cccc(-n3c4ccccc4c4ccccc43)c2)cc1. The maximum atomic E-state index is 6.87. The van der Waals surface area contributed by atoms with E-state index in [1.807, 2.05) is 18.2 Å². The molecule has 3 aromatic heterocycles. The predicted octanol–water partition coefficient (Wildman–Crippen LogP) is 15.4. The van der Waals surface area contributed by atoms with Gasteiger partial charge in [0.2, 0.25) is 0 Å². The number of para-hydroxylation sites is 6. The van der Waals surface area contributed by atoms with Gasteiger partial charge in [0.05, 0.1) is 16.7 Å². The van der Waals surface area contributed by atoms with Crippen LogP contribution in [0.1, 0.15) is 0 Å². The van der Waals surface area contributed by atoms with E-state index in [9.17, 15) is 0 Å². The molecule has 12 aromatic rings. The number of nitrogens with zero attached hydrogens (tertiary/aromatic N) is 2. The summed E-state index contributed by atoms with van der Waals surface area (Å²) in [7, 11) is 0. The fraction of sp³-hybridized carbons (Fsp3) is 0. The number of hydrogen-bond acceptors (Lipinski definition) is 3. The minimum absolute atomic E-state index is 0.854. The molecule has 272 valence electrons. The van der Waals surface area contributed by atoms with Gasteiger partial charge in [-0.1, -0.05) is 133 Å². The highest BCUT2D eigenvalue weighted by Crippen LogP contribution is 2.47. The Bertz CT molecular complexity index is 3460. The molecular formula is C54H34N2O2. The van der Waals surface area contributed by atoms with Crippen molar-refractivity contribution in [2.75, 3.05) is 4.90 Å². The standard InChI is InChI=1S/C54H34N2O2/c1-2-15-37(16-3-1)55(38-30-28-35(29-31-38)40-22-13-23-45-43-20-6-10-26-50(43)57-53(40)45)49-33-32-46-44-21-7-11-27-51(44)58-54(46)52(49)36-14-12-17-39(34-36)56-47-24-8-4-18-41(47)42-19-5-9-25-48(42)56/h1-34H. The summed E-state index contributed by atoms with van der Waals surface area (Å²) in [6.45, 7) is 0. The van der Waals surface area contributed by atoms with Crippen molar-refractivity contribution < 1.29 is 8.83 Å². The zero-order valence-electron chi connectivity index (χ0n) is 31.3. The molecule has 0 unspecified atom stereocenters. The Balaban J connectivity index is 1.08. The molecule has 0 aliphatic heterocycles. The van der Waals surface area contributed by atoms with Crippen molar-refractivity contribution in [2.24, 2.45) is 0 Å². The Kier molecular flexibility index (Phi) is 7.20. The Morgan fingerprint density at radius 2 is 0.914 bits per heavy atom. The van der Waals surface area contributed by atoms with E-state index < -0.39 is 0 Å². The quantitative estimate of drug-likeness (QED) is 0.170. The molecule has 3 heterocycles. The third-order valence-corrected chi connectivity index (χ3v) is 11.6. The van der Waals surface area contributed by atoms with Crippen molar-refractivity contribution in [3.8, 4) is 27.9 Å². The van der Waals surface area contributed by atoms with E-state index in [0.717, 1.165) is 88.9 Å². The van der Waals surface area contributed by atoms with Crippen LogP contribution < -0.4 is 4.90 Å². The van der Waals surface area contributed by atoms with E-state index in [1.165, 1.54) is 21.8 Å². The first-order valence-electron chi connectivity index (χ1n) is 19.7. The second-order valence-corrected chi connectivity index (χ2v) is 14.9. The van der Waals surface area contributed by atoms with Crippen molar-refractivity contribution in [1.82, 2.24) is 4.57 Å². The van der Waals surface area contributed by atoms with Gasteiger partial charge in [0, 0.05) is 60.5 Å². The summed E-state index contributed by atoms with van der Waals surface area (Å²) >= 11 is 0. The molecule has 0 saturated heterocycles. The fourth-order valence-electron chi connectivity index (χ4n) is 9.01. The van der Waals surface area contributed by atoms with Gasteiger partial charge in [-0.25, -0.2) is 0 Å². The summed E-state index contributed by atoms with van der Waals surface area (Å²) in [6, 6.07) is 73.1. The molecule has 0 saturated carbocycles. The predicted molar refractivity (Wildman–Crippen MR) is 241 cm³/mol. The summed E-state index contributed by atoms with van der Waals surface area (Å²) in [6.07, 6.45) is 0. The molecular weight excluding hydrogens is 709 g/mol. The summed E-state index contributed by atoms with van der Waals surface area (Å²) in [5.41, 5.74) is 14.3. The zero-order chi connectivity index (χ0) is 38.2. The second kappa shape index (κ2) is 12.9. The van der Waals surface area contributed by atoms with Crippen LogP contribution in [0.15, 0.2) is 215 Å². The van der Waals surface area contributed by atoms with E-state index in [0.29, 0.717) is 0 Å². The van der Waals surface area contributed by atoms with E-state index in [4.69, 9.17) is 8.83 Å². The number of aromatic nitrogens is 1. The van der Waals surface area contributed by atoms with Crippen LogP contribution in [0, 0.1) is 0 Å². The largest absolute Gasteiger partial charge is 0.455 e. The van der Waals surface area contributed by atoms with Crippen LogP contribution in [0.2, 0.25) is 0 Å². The molecule has 0 fully saturated rings. The molecule has 0 radical (unpaired) electrons. The average molecular weight is 743 g/mol. The van der Waals surface area contributed by atoms with Gasteiger partial charge in [-0.3, -0.25) is 0 Å². The molecule has 9 aromatic carbocycles. The zero-order valence-corrected chi connectivity index (χ0v) is 31.3. The van der Waals surface area contributed by atoms with E-state index >= 15 is 0 Å². The van der Waals surface area contributed by atoms with Gasteiger partial charge in [0.15, 0.2) is 0 Å². The number of benzene rings is 9. The highest BCUT2D eigenvalue weighted by Gasteiger charge is 2.24. The summed E-state index contributed by atoms with van der Waals surface area (Å²) < 4.78 is 15.7. The number of fused-ring (bicyclic) bond motifs is 9. The first kappa shape index (κ1) is 32.4. The lowest BCUT2D eigenvalue weighted by Gasteiger charge is -2.28.